The fourth-order valence-electron chi connectivity index (χ4n) is 4.97. The molecule has 2 heterocycles. The van der Waals surface area contributed by atoms with Crippen LogP contribution in [0.2, 0.25) is 0 Å². The molecular weight excluding hydrogens is 471 g/mol. The van der Waals surface area contributed by atoms with Crippen LogP contribution in [-0.4, -0.2) is 68.0 Å². The number of aliphatic imine (C=N–C) groups is 1. The van der Waals surface area contributed by atoms with Crippen LogP contribution in [0.25, 0.3) is 10.8 Å². The summed E-state index contributed by atoms with van der Waals surface area (Å²) in [7, 11) is 0. The third kappa shape index (κ3) is 6.03. The molecule has 192 valence electrons. The van der Waals surface area contributed by atoms with E-state index in [4.69, 9.17) is 4.74 Å². The third-order valence-electron chi connectivity index (χ3n) is 6.99. The SMILES string of the molecule is O=C(NC1=NCCC(C(=O)CN2CCOCC2)N1)c1cccc(F)c1CCc1cccc2ccccc12. The molecule has 0 saturated carbocycles. The summed E-state index contributed by atoms with van der Waals surface area (Å²) in [4.78, 5) is 32.4. The number of Topliss-reactive ketones (excluding diaryl/α,β-unsaturated/α-hetero) is 1. The van der Waals surface area contributed by atoms with Gasteiger partial charge in [-0.15, -0.1) is 0 Å². The number of aryl methyl sites for hydroxylation is 1. The highest BCUT2D eigenvalue weighted by Gasteiger charge is 2.26. The summed E-state index contributed by atoms with van der Waals surface area (Å²) in [6.07, 6.45) is 1.54. The molecule has 7 nitrogen and oxygen atoms in total. The number of carbonyl (C=O) groups is 2. The standard InChI is InChI=1S/C29H31FN4O3/c30-25-10-4-9-24(23(25)12-11-21-7-3-6-20-5-1-2-8-22(20)21)28(36)33-29-31-14-13-26(32-29)27(35)19-34-15-17-37-18-16-34/h1-10,26H,11-19H2,(H2,31,32,33,36). The molecule has 1 fully saturated rings. The Balaban J connectivity index is 1.25. The monoisotopic (exact) mass is 502 g/mol. The molecule has 1 atom stereocenters. The Kier molecular flexibility index (Phi) is 7.87. The van der Waals surface area contributed by atoms with E-state index in [0.29, 0.717) is 51.1 Å². The van der Waals surface area contributed by atoms with E-state index in [1.54, 1.807) is 6.07 Å². The minimum Gasteiger partial charge on any atom is -0.379 e. The fourth-order valence-corrected chi connectivity index (χ4v) is 4.97. The molecule has 0 spiro atoms. The quantitative estimate of drug-likeness (QED) is 0.519. The summed E-state index contributed by atoms with van der Waals surface area (Å²) < 4.78 is 20.3. The summed E-state index contributed by atoms with van der Waals surface area (Å²) in [5.41, 5.74) is 1.74. The van der Waals surface area contributed by atoms with Crippen LogP contribution in [-0.2, 0) is 22.4 Å². The van der Waals surface area contributed by atoms with E-state index < -0.39 is 17.8 Å². The topological polar surface area (TPSA) is 83.0 Å². The summed E-state index contributed by atoms with van der Waals surface area (Å²) in [5.74, 6) is -0.545. The van der Waals surface area contributed by atoms with Gasteiger partial charge in [-0.3, -0.25) is 24.8 Å². The van der Waals surface area contributed by atoms with Gasteiger partial charge in [0, 0.05) is 30.8 Å². The smallest absolute Gasteiger partial charge is 0.258 e. The number of carbonyl (C=O) groups excluding carboxylic acids is 2. The number of nitrogens with one attached hydrogen (secondary N) is 2. The average molecular weight is 503 g/mol. The number of ether oxygens (including phenoxy) is 1. The van der Waals surface area contributed by atoms with Crippen molar-refractivity contribution < 1.29 is 18.7 Å². The number of fused-ring (bicyclic) bond motifs is 1. The van der Waals surface area contributed by atoms with Crippen molar-refractivity contribution in [3.63, 3.8) is 0 Å². The first-order valence-corrected chi connectivity index (χ1v) is 12.8. The van der Waals surface area contributed by atoms with Crippen LogP contribution in [0, 0.1) is 5.82 Å². The number of guanidine groups is 1. The number of halogens is 1. The lowest BCUT2D eigenvalue weighted by molar-refractivity contribution is -0.123. The highest BCUT2D eigenvalue weighted by molar-refractivity contribution is 6.07. The lowest BCUT2D eigenvalue weighted by Gasteiger charge is -2.29. The molecular formula is C29H31FN4O3. The lowest BCUT2D eigenvalue weighted by atomic mass is 9.95. The normalized spacial score (nSPS) is 18.2. The van der Waals surface area contributed by atoms with E-state index in [1.807, 2.05) is 24.3 Å². The molecule has 0 bridgehead atoms. The van der Waals surface area contributed by atoms with Crippen molar-refractivity contribution in [2.45, 2.75) is 25.3 Å². The maximum atomic E-state index is 14.9. The first kappa shape index (κ1) is 25.0. The van der Waals surface area contributed by atoms with Gasteiger partial charge in [-0.05, 0) is 47.7 Å². The molecule has 0 aromatic heterocycles. The lowest BCUT2D eigenvalue weighted by Crippen LogP contribution is -2.54. The minimum atomic E-state index is -0.444. The van der Waals surface area contributed by atoms with Gasteiger partial charge in [-0.2, -0.15) is 0 Å². The van der Waals surface area contributed by atoms with Crippen LogP contribution in [0.15, 0.2) is 65.7 Å². The Morgan fingerprint density at radius 3 is 2.68 bits per heavy atom. The molecule has 1 amide bonds. The molecule has 3 aromatic carbocycles. The number of morpholine rings is 1. The van der Waals surface area contributed by atoms with Crippen LogP contribution in [0.1, 0.15) is 27.9 Å². The maximum Gasteiger partial charge on any atom is 0.258 e. The number of hydrogen-bond acceptors (Lipinski definition) is 6. The van der Waals surface area contributed by atoms with E-state index in [-0.39, 0.29) is 17.3 Å². The Labute approximate surface area is 215 Å². The largest absolute Gasteiger partial charge is 0.379 e. The van der Waals surface area contributed by atoms with E-state index in [2.05, 4.69) is 38.7 Å². The van der Waals surface area contributed by atoms with E-state index >= 15 is 0 Å². The van der Waals surface area contributed by atoms with Crippen molar-refractivity contribution in [2.75, 3.05) is 39.4 Å². The fraction of sp³-hybridized carbons (Fsp3) is 0.345. The van der Waals surface area contributed by atoms with Gasteiger partial charge in [-0.1, -0.05) is 48.5 Å². The predicted octanol–water partition coefficient (Wildman–Crippen LogP) is 3.11. The van der Waals surface area contributed by atoms with Crippen LogP contribution in [0.3, 0.4) is 0 Å². The summed E-state index contributed by atoms with van der Waals surface area (Å²) in [6.45, 7) is 3.49. The highest BCUT2D eigenvalue weighted by Crippen LogP contribution is 2.22. The van der Waals surface area contributed by atoms with Crippen molar-refractivity contribution in [2.24, 2.45) is 4.99 Å². The van der Waals surface area contributed by atoms with E-state index in [0.717, 1.165) is 29.4 Å². The maximum absolute atomic E-state index is 14.9. The van der Waals surface area contributed by atoms with Crippen molar-refractivity contribution in [3.8, 4) is 0 Å². The Morgan fingerprint density at radius 1 is 1.03 bits per heavy atom. The van der Waals surface area contributed by atoms with Crippen molar-refractivity contribution in [1.29, 1.82) is 0 Å². The molecule has 3 aromatic rings. The summed E-state index contributed by atoms with van der Waals surface area (Å²) in [5, 5.41) is 8.09. The predicted molar refractivity (Wildman–Crippen MR) is 141 cm³/mol. The van der Waals surface area contributed by atoms with Gasteiger partial charge in [0.2, 0.25) is 0 Å². The molecule has 2 aliphatic heterocycles. The van der Waals surface area contributed by atoms with Gasteiger partial charge in [0.05, 0.1) is 25.8 Å². The number of nitrogens with zero attached hydrogens (tertiary/aromatic N) is 2. The zero-order valence-electron chi connectivity index (χ0n) is 20.7. The van der Waals surface area contributed by atoms with Crippen molar-refractivity contribution >= 4 is 28.4 Å². The Morgan fingerprint density at radius 2 is 1.81 bits per heavy atom. The molecule has 8 heteroatoms. The van der Waals surface area contributed by atoms with Crippen LogP contribution in [0.4, 0.5) is 4.39 Å². The van der Waals surface area contributed by atoms with E-state index in [1.165, 1.54) is 12.1 Å². The number of ketones is 1. The van der Waals surface area contributed by atoms with Gasteiger partial charge >= 0.3 is 0 Å². The van der Waals surface area contributed by atoms with Gasteiger partial charge in [-0.25, -0.2) is 4.39 Å². The highest BCUT2D eigenvalue weighted by atomic mass is 19.1. The van der Waals surface area contributed by atoms with Gasteiger partial charge in [0.15, 0.2) is 11.7 Å². The Hall–Kier alpha value is -3.62. The molecule has 2 aliphatic rings. The second-order valence-electron chi connectivity index (χ2n) is 9.43. The van der Waals surface area contributed by atoms with Crippen LogP contribution >= 0.6 is 0 Å². The zero-order chi connectivity index (χ0) is 25.6. The van der Waals surface area contributed by atoms with Crippen LogP contribution in [0.5, 0.6) is 0 Å². The van der Waals surface area contributed by atoms with Crippen molar-refractivity contribution in [3.05, 3.63) is 83.2 Å². The number of benzene rings is 3. The Bertz CT molecular complexity index is 1310. The summed E-state index contributed by atoms with van der Waals surface area (Å²) >= 11 is 0. The molecule has 0 aliphatic carbocycles. The molecule has 5 rings (SSSR count). The van der Waals surface area contributed by atoms with Gasteiger partial charge < -0.3 is 10.1 Å². The number of hydrogen-bond donors (Lipinski definition) is 2. The summed E-state index contributed by atoms with van der Waals surface area (Å²) in [6, 6.07) is 18.3. The number of amides is 1. The molecule has 1 saturated heterocycles. The van der Waals surface area contributed by atoms with Crippen LogP contribution < -0.4 is 10.6 Å². The minimum absolute atomic E-state index is 0.0603. The van der Waals surface area contributed by atoms with E-state index in [9.17, 15) is 14.0 Å². The molecule has 1 unspecified atom stereocenters. The zero-order valence-corrected chi connectivity index (χ0v) is 20.7. The molecule has 37 heavy (non-hydrogen) atoms. The third-order valence-corrected chi connectivity index (χ3v) is 6.99. The molecule has 2 N–H and O–H groups in total. The first-order valence-electron chi connectivity index (χ1n) is 12.8. The number of rotatable bonds is 7. The second kappa shape index (κ2) is 11.6. The first-order chi connectivity index (χ1) is 18.1. The second-order valence-corrected chi connectivity index (χ2v) is 9.43. The molecule has 0 radical (unpaired) electrons. The van der Waals surface area contributed by atoms with Gasteiger partial charge in [0.25, 0.3) is 5.91 Å². The van der Waals surface area contributed by atoms with Gasteiger partial charge in [0.1, 0.15) is 5.82 Å². The van der Waals surface area contributed by atoms with Crippen molar-refractivity contribution in [1.82, 2.24) is 15.5 Å². The average Bonchev–Trinajstić information content (AvgIpc) is 2.93.